The van der Waals surface area contributed by atoms with E-state index in [1.807, 2.05) is 30.3 Å². The number of amides is 1. The van der Waals surface area contributed by atoms with Gasteiger partial charge in [-0.25, -0.2) is 0 Å². The van der Waals surface area contributed by atoms with E-state index in [0.717, 1.165) is 5.56 Å². The van der Waals surface area contributed by atoms with Crippen molar-refractivity contribution < 1.29 is 9.90 Å². The lowest BCUT2D eigenvalue weighted by atomic mass is 10.1. The van der Waals surface area contributed by atoms with Crippen molar-refractivity contribution in [1.82, 2.24) is 0 Å². The van der Waals surface area contributed by atoms with Crippen LogP contribution in [0.4, 0.5) is 0 Å². The lowest BCUT2D eigenvalue weighted by molar-refractivity contribution is -0.125. The molecular weight excluding hydrogens is 154 g/mol. The monoisotopic (exact) mass is 165 g/mol. The average Bonchev–Trinajstić information content (AvgIpc) is 2.06. The molecule has 1 unspecified atom stereocenters. The summed E-state index contributed by atoms with van der Waals surface area (Å²) in [7, 11) is 0. The van der Waals surface area contributed by atoms with E-state index < -0.39 is 12.0 Å². The van der Waals surface area contributed by atoms with Gasteiger partial charge in [-0.2, -0.15) is 0 Å². The minimum absolute atomic E-state index is 0.288. The molecule has 3 N–H and O–H groups in total. The van der Waals surface area contributed by atoms with Gasteiger partial charge in [-0.1, -0.05) is 30.3 Å². The summed E-state index contributed by atoms with van der Waals surface area (Å²) < 4.78 is 0. The number of primary amides is 1. The number of hydrogen-bond donors (Lipinski definition) is 2. The highest BCUT2D eigenvalue weighted by molar-refractivity contribution is 5.78. The van der Waals surface area contributed by atoms with E-state index in [2.05, 4.69) is 0 Å². The molecule has 0 saturated heterocycles. The first kappa shape index (κ1) is 8.74. The summed E-state index contributed by atoms with van der Waals surface area (Å²) in [4.78, 5) is 10.5. The van der Waals surface area contributed by atoms with Crippen LogP contribution >= 0.6 is 0 Å². The fraction of sp³-hybridized carbons (Fsp3) is 0.222. The van der Waals surface area contributed by atoms with Crippen LogP contribution in [-0.2, 0) is 11.2 Å². The fourth-order valence-corrected chi connectivity index (χ4v) is 0.938. The predicted octanol–water partition coefficient (Wildman–Crippen LogP) is 0.0753. The van der Waals surface area contributed by atoms with Gasteiger partial charge in [0, 0.05) is 6.42 Å². The lowest BCUT2D eigenvalue weighted by Crippen LogP contribution is -2.29. The lowest BCUT2D eigenvalue weighted by Gasteiger charge is -2.04. The van der Waals surface area contributed by atoms with Gasteiger partial charge in [0.05, 0.1) is 0 Å². The number of aliphatic hydroxyl groups excluding tert-OH is 1. The van der Waals surface area contributed by atoms with E-state index in [1.54, 1.807) is 0 Å². The number of aliphatic hydroxyl groups is 1. The highest BCUT2D eigenvalue weighted by Crippen LogP contribution is 2.02. The first-order valence-corrected chi connectivity index (χ1v) is 3.71. The fourth-order valence-electron chi connectivity index (χ4n) is 0.938. The maximum atomic E-state index is 10.5. The van der Waals surface area contributed by atoms with E-state index in [0.29, 0.717) is 0 Å². The van der Waals surface area contributed by atoms with Gasteiger partial charge in [0.1, 0.15) is 6.10 Å². The van der Waals surface area contributed by atoms with Crippen LogP contribution in [0.25, 0.3) is 0 Å². The Morgan fingerprint density at radius 1 is 1.42 bits per heavy atom. The van der Waals surface area contributed by atoms with Crippen molar-refractivity contribution in [1.29, 1.82) is 0 Å². The summed E-state index contributed by atoms with van der Waals surface area (Å²) >= 11 is 0. The summed E-state index contributed by atoms with van der Waals surface area (Å²) in [6.07, 6.45) is -0.789. The van der Waals surface area contributed by atoms with Gasteiger partial charge in [0.15, 0.2) is 0 Å². The van der Waals surface area contributed by atoms with E-state index in [4.69, 9.17) is 10.8 Å². The summed E-state index contributed by atoms with van der Waals surface area (Å²) in [5, 5.41) is 9.11. The second-order valence-electron chi connectivity index (χ2n) is 2.61. The molecule has 3 heteroatoms. The Hall–Kier alpha value is -1.35. The van der Waals surface area contributed by atoms with E-state index in [-0.39, 0.29) is 6.42 Å². The third kappa shape index (κ3) is 2.36. The van der Waals surface area contributed by atoms with Crippen LogP contribution in [0.2, 0.25) is 0 Å². The highest BCUT2D eigenvalue weighted by atomic mass is 16.3. The number of carbonyl (C=O) groups is 1. The Morgan fingerprint density at radius 3 is 2.50 bits per heavy atom. The zero-order valence-electron chi connectivity index (χ0n) is 6.60. The largest absolute Gasteiger partial charge is 0.383 e. The molecule has 0 aromatic heterocycles. The second-order valence-corrected chi connectivity index (χ2v) is 2.61. The Labute approximate surface area is 70.8 Å². The highest BCUT2D eigenvalue weighted by Gasteiger charge is 2.10. The maximum Gasteiger partial charge on any atom is 0.246 e. The Bertz CT molecular complexity index is 258. The van der Waals surface area contributed by atoms with Crippen molar-refractivity contribution in [3.8, 4) is 0 Å². The Balaban J connectivity index is 2.58. The zero-order chi connectivity index (χ0) is 8.97. The normalized spacial score (nSPS) is 12.4. The molecule has 1 atom stereocenters. The molecule has 0 radical (unpaired) electrons. The quantitative estimate of drug-likeness (QED) is 0.666. The van der Waals surface area contributed by atoms with Crippen LogP contribution in [0.5, 0.6) is 0 Å². The van der Waals surface area contributed by atoms with Gasteiger partial charge in [-0.15, -0.1) is 0 Å². The van der Waals surface area contributed by atoms with Gasteiger partial charge in [0.25, 0.3) is 0 Å². The Kier molecular flexibility index (Phi) is 2.82. The van der Waals surface area contributed by atoms with Crippen LogP contribution in [0.3, 0.4) is 0 Å². The first-order chi connectivity index (χ1) is 5.70. The van der Waals surface area contributed by atoms with Gasteiger partial charge in [-0.05, 0) is 5.56 Å². The molecule has 64 valence electrons. The third-order valence-corrected chi connectivity index (χ3v) is 1.60. The molecule has 0 aliphatic rings. The molecule has 1 aromatic rings. The number of nitrogens with two attached hydrogens (primary N) is 1. The zero-order valence-corrected chi connectivity index (χ0v) is 6.60. The molecule has 12 heavy (non-hydrogen) atoms. The first-order valence-electron chi connectivity index (χ1n) is 3.71. The van der Waals surface area contributed by atoms with Gasteiger partial charge in [-0.3, -0.25) is 4.79 Å². The summed E-state index contributed by atoms with van der Waals surface area (Å²) in [5.41, 5.74) is 5.80. The van der Waals surface area contributed by atoms with Gasteiger partial charge in [0.2, 0.25) is 5.91 Å². The van der Waals surface area contributed by atoms with Crippen LogP contribution < -0.4 is 5.73 Å². The van der Waals surface area contributed by atoms with Crippen molar-refractivity contribution in [2.45, 2.75) is 12.5 Å². The topological polar surface area (TPSA) is 63.3 Å². The van der Waals surface area contributed by atoms with Crippen molar-refractivity contribution in [2.24, 2.45) is 5.73 Å². The van der Waals surface area contributed by atoms with Crippen molar-refractivity contribution in [3.05, 3.63) is 35.9 Å². The molecule has 1 aromatic carbocycles. The molecule has 0 aliphatic heterocycles. The van der Waals surface area contributed by atoms with Crippen LogP contribution in [0.15, 0.2) is 30.3 Å². The van der Waals surface area contributed by atoms with Crippen molar-refractivity contribution >= 4 is 5.91 Å². The average molecular weight is 165 g/mol. The van der Waals surface area contributed by atoms with E-state index in [1.165, 1.54) is 0 Å². The predicted molar refractivity (Wildman–Crippen MR) is 45.3 cm³/mol. The number of rotatable bonds is 3. The second kappa shape index (κ2) is 3.88. The molecular formula is C9H11NO2. The summed E-state index contributed by atoms with van der Waals surface area (Å²) in [6, 6.07) is 9.25. The molecule has 0 saturated carbocycles. The summed E-state index contributed by atoms with van der Waals surface area (Å²) in [5.74, 6) is -0.682. The molecule has 0 aliphatic carbocycles. The SMILES string of the molecule is NC(=O)C(O)Cc1ccccc1. The van der Waals surface area contributed by atoms with E-state index >= 15 is 0 Å². The van der Waals surface area contributed by atoms with Crippen molar-refractivity contribution in [2.75, 3.05) is 0 Å². The van der Waals surface area contributed by atoms with Crippen LogP contribution in [-0.4, -0.2) is 17.1 Å². The minimum Gasteiger partial charge on any atom is -0.383 e. The van der Waals surface area contributed by atoms with E-state index in [9.17, 15) is 4.79 Å². The minimum atomic E-state index is -1.08. The van der Waals surface area contributed by atoms with Gasteiger partial charge >= 0.3 is 0 Å². The third-order valence-electron chi connectivity index (χ3n) is 1.60. The van der Waals surface area contributed by atoms with Crippen LogP contribution in [0, 0.1) is 0 Å². The van der Waals surface area contributed by atoms with Crippen molar-refractivity contribution in [3.63, 3.8) is 0 Å². The molecule has 1 amide bonds. The number of benzene rings is 1. The Morgan fingerprint density at radius 2 is 2.00 bits per heavy atom. The smallest absolute Gasteiger partial charge is 0.246 e. The standard InChI is InChI=1S/C9H11NO2/c10-9(12)8(11)6-7-4-2-1-3-5-7/h1-5,8,11H,6H2,(H2,10,12). The molecule has 0 bridgehead atoms. The molecule has 0 heterocycles. The number of hydrogen-bond acceptors (Lipinski definition) is 2. The number of carbonyl (C=O) groups excluding carboxylic acids is 1. The molecule has 0 spiro atoms. The van der Waals surface area contributed by atoms with Gasteiger partial charge < -0.3 is 10.8 Å². The molecule has 3 nitrogen and oxygen atoms in total. The molecule has 1 rings (SSSR count). The maximum absolute atomic E-state index is 10.5. The summed E-state index contributed by atoms with van der Waals surface area (Å²) in [6.45, 7) is 0. The molecule has 0 fully saturated rings. The van der Waals surface area contributed by atoms with Crippen LogP contribution in [0.1, 0.15) is 5.56 Å².